The predicted octanol–water partition coefficient (Wildman–Crippen LogP) is 12.4. The van der Waals surface area contributed by atoms with Crippen LogP contribution in [0.25, 0.3) is 93.6 Å². The maximum atomic E-state index is 10.4. The SMILES string of the molecule is N#Cc1ccc2c(c1)c1ccccc1n2-c1cccc2c1c1ccccc1n2-c1ccc(C#N)c(-c2ccc(-n3c4ccccc4c4ccccc43)cc2)c1. The van der Waals surface area contributed by atoms with E-state index in [1.165, 1.54) is 10.8 Å². The number of nitriles is 2. The van der Waals surface area contributed by atoms with E-state index in [2.05, 4.69) is 184 Å². The molecular formula is C50H29N5. The zero-order valence-electron chi connectivity index (χ0n) is 29.5. The maximum absolute atomic E-state index is 10.4. The minimum Gasteiger partial charge on any atom is -0.309 e. The second-order valence-corrected chi connectivity index (χ2v) is 14.0. The number of para-hydroxylation sites is 4. The van der Waals surface area contributed by atoms with Crippen LogP contribution in [0.3, 0.4) is 0 Å². The van der Waals surface area contributed by atoms with Gasteiger partial charge in [-0.1, -0.05) is 91.0 Å². The van der Waals surface area contributed by atoms with Crippen LogP contribution in [0.4, 0.5) is 0 Å². The molecule has 0 bridgehead atoms. The Labute approximate surface area is 316 Å². The van der Waals surface area contributed by atoms with Crippen LogP contribution in [0.5, 0.6) is 0 Å². The van der Waals surface area contributed by atoms with Gasteiger partial charge in [-0.3, -0.25) is 0 Å². The van der Waals surface area contributed by atoms with Gasteiger partial charge in [0.1, 0.15) is 0 Å². The van der Waals surface area contributed by atoms with Crippen molar-refractivity contribution in [3.05, 3.63) is 187 Å². The fourth-order valence-electron chi connectivity index (χ4n) is 8.77. The van der Waals surface area contributed by atoms with Gasteiger partial charge in [-0.05, 0) is 90.5 Å². The van der Waals surface area contributed by atoms with Crippen molar-refractivity contribution in [1.82, 2.24) is 13.7 Å². The Kier molecular flexibility index (Phi) is 6.61. The molecule has 0 aliphatic rings. The lowest BCUT2D eigenvalue weighted by atomic mass is 9.99. The average molecular weight is 700 g/mol. The van der Waals surface area contributed by atoms with Crippen molar-refractivity contribution in [2.24, 2.45) is 0 Å². The van der Waals surface area contributed by atoms with E-state index in [0.29, 0.717) is 11.1 Å². The minimum absolute atomic E-state index is 0.622. The summed E-state index contributed by atoms with van der Waals surface area (Å²) >= 11 is 0. The molecule has 0 aliphatic heterocycles. The number of hydrogen-bond donors (Lipinski definition) is 0. The molecule has 0 atom stereocenters. The number of rotatable bonds is 4. The van der Waals surface area contributed by atoms with E-state index in [1.807, 2.05) is 18.2 Å². The number of benzene rings is 8. The molecule has 0 unspecified atom stereocenters. The zero-order chi connectivity index (χ0) is 36.6. The van der Waals surface area contributed by atoms with Crippen LogP contribution in [-0.2, 0) is 0 Å². The lowest BCUT2D eigenvalue weighted by molar-refractivity contribution is 1.17. The second-order valence-electron chi connectivity index (χ2n) is 14.0. The number of fused-ring (bicyclic) bond motifs is 9. The third kappa shape index (κ3) is 4.45. The summed E-state index contributed by atoms with van der Waals surface area (Å²) in [5, 5.41) is 27.0. The van der Waals surface area contributed by atoms with Gasteiger partial charge in [-0.2, -0.15) is 10.5 Å². The first-order valence-electron chi connectivity index (χ1n) is 18.3. The van der Waals surface area contributed by atoms with E-state index < -0.39 is 0 Å². The Balaban J connectivity index is 1.10. The smallest absolute Gasteiger partial charge is 0.0998 e. The van der Waals surface area contributed by atoms with Gasteiger partial charge >= 0.3 is 0 Å². The predicted molar refractivity (Wildman–Crippen MR) is 224 cm³/mol. The quantitative estimate of drug-likeness (QED) is 0.184. The molecule has 11 rings (SSSR count). The highest BCUT2D eigenvalue weighted by atomic mass is 15.0. The van der Waals surface area contributed by atoms with Crippen LogP contribution in [0.15, 0.2) is 176 Å². The molecule has 3 aromatic heterocycles. The summed E-state index contributed by atoms with van der Waals surface area (Å²) in [6, 6.07) is 65.9. The summed E-state index contributed by atoms with van der Waals surface area (Å²) in [6.45, 7) is 0. The molecular weight excluding hydrogens is 671 g/mol. The first kappa shape index (κ1) is 30.7. The van der Waals surface area contributed by atoms with E-state index in [4.69, 9.17) is 0 Å². The Bertz CT molecular complexity index is 3400. The summed E-state index contributed by atoms with van der Waals surface area (Å²) in [7, 11) is 0. The summed E-state index contributed by atoms with van der Waals surface area (Å²) in [4.78, 5) is 0. The number of aromatic nitrogens is 3. The van der Waals surface area contributed by atoms with Gasteiger partial charge in [-0.25, -0.2) is 0 Å². The monoisotopic (exact) mass is 699 g/mol. The normalized spacial score (nSPS) is 11.6. The molecule has 0 saturated carbocycles. The summed E-state index contributed by atoms with van der Waals surface area (Å²) in [6.07, 6.45) is 0. The lowest BCUT2D eigenvalue weighted by Crippen LogP contribution is -1.98. The molecule has 5 nitrogen and oxygen atoms in total. The van der Waals surface area contributed by atoms with Crippen LogP contribution in [0.1, 0.15) is 11.1 Å². The summed E-state index contributed by atoms with van der Waals surface area (Å²) < 4.78 is 6.95. The first-order chi connectivity index (χ1) is 27.2. The third-order valence-corrected chi connectivity index (χ3v) is 11.1. The highest BCUT2D eigenvalue weighted by Gasteiger charge is 2.21. The summed E-state index contributed by atoms with van der Waals surface area (Å²) in [5.41, 5.74) is 12.8. The standard InChI is InChI=1S/C50H29N5/c51-30-32-20-27-47-42(28-32)39-12-3-7-16-45(39)55(47)49-19-9-18-48-50(49)40-13-4-8-17-46(40)54(48)36-26-23-34(31-52)41(29-36)33-21-24-35(25-22-33)53-43-14-5-1-10-37(43)38-11-2-6-15-44(38)53/h1-29H. The molecule has 11 aromatic rings. The minimum atomic E-state index is 0.622. The van der Waals surface area contributed by atoms with Gasteiger partial charge in [0.05, 0.1) is 62.1 Å². The molecule has 5 heteroatoms. The van der Waals surface area contributed by atoms with Gasteiger partial charge < -0.3 is 13.7 Å². The maximum Gasteiger partial charge on any atom is 0.0998 e. The second kappa shape index (κ2) is 11.8. The van der Waals surface area contributed by atoms with Crippen LogP contribution in [-0.4, -0.2) is 13.7 Å². The topological polar surface area (TPSA) is 62.4 Å². The van der Waals surface area contributed by atoms with Crippen LogP contribution < -0.4 is 0 Å². The highest BCUT2D eigenvalue weighted by molar-refractivity contribution is 6.16. The molecule has 254 valence electrons. The fraction of sp³-hybridized carbons (Fsp3) is 0. The van der Waals surface area contributed by atoms with E-state index in [9.17, 15) is 10.5 Å². The molecule has 0 amide bonds. The van der Waals surface area contributed by atoms with Gasteiger partial charge in [0, 0.05) is 49.3 Å². The Morgan fingerprint density at radius 3 is 1.55 bits per heavy atom. The Morgan fingerprint density at radius 2 is 0.891 bits per heavy atom. The van der Waals surface area contributed by atoms with Crippen LogP contribution >= 0.6 is 0 Å². The van der Waals surface area contributed by atoms with Crippen molar-refractivity contribution in [3.8, 4) is 40.3 Å². The first-order valence-corrected chi connectivity index (χ1v) is 18.3. The van der Waals surface area contributed by atoms with E-state index >= 15 is 0 Å². The van der Waals surface area contributed by atoms with Crippen LogP contribution in [0.2, 0.25) is 0 Å². The van der Waals surface area contributed by atoms with E-state index in [1.54, 1.807) is 0 Å². The molecule has 3 heterocycles. The zero-order valence-corrected chi connectivity index (χ0v) is 29.5. The van der Waals surface area contributed by atoms with Crippen molar-refractivity contribution in [2.45, 2.75) is 0 Å². The van der Waals surface area contributed by atoms with Gasteiger partial charge in [-0.15, -0.1) is 0 Å². The van der Waals surface area contributed by atoms with E-state index in [0.717, 1.165) is 82.8 Å². The van der Waals surface area contributed by atoms with E-state index in [-0.39, 0.29) is 0 Å². The molecule has 0 aliphatic carbocycles. The highest BCUT2D eigenvalue weighted by Crippen LogP contribution is 2.41. The summed E-state index contributed by atoms with van der Waals surface area (Å²) in [5.74, 6) is 0. The fourth-order valence-corrected chi connectivity index (χ4v) is 8.77. The van der Waals surface area contributed by atoms with Crippen molar-refractivity contribution < 1.29 is 0 Å². The molecule has 0 spiro atoms. The molecule has 0 saturated heterocycles. The van der Waals surface area contributed by atoms with Crippen molar-refractivity contribution in [2.75, 3.05) is 0 Å². The molecule has 0 radical (unpaired) electrons. The van der Waals surface area contributed by atoms with Gasteiger partial charge in [0.25, 0.3) is 0 Å². The Hall–Kier alpha value is -7.86. The van der Waals surface area contributed by atoms with Crippen molar-refractivity contribution in [1.29, 1.82) is 10.5 Å². The third-order valence-electron chi connectivity index (χ3n) is 11.1. The van der Waals surface area contributed by atoms with Crippen LogP contribution in [0, 0.1) is 22.7 Å². The van der Waals surface area contributed by atoms with Gasteiger partial charge in [0.15, 0.2) is 0 Å². The molecule has 55 heavy (non-hydrogen) atoms. The molecule has 0 fully saturated rings. The number of hydrogen-bond acceptors (Lipinski definition) is 2. The lowest BCUT2D eigenvalue weighted by Gasteiger charge is -2.14. The number of nitrogens with zero attached hydrogens (tertiary/aromatic N) is 5. The van der Waals surface area contributed by atoms with Crippen molar-refractivity contribution in [3.63, 3.8) is 0 Å². The largest absolute Gasteiger partial charge is 0.309 e. The van der Waals surface area contributed by atoms with Crippen molar-refractivity contribution >= 4 is 65.4 Å². The Morgan fingerprint density at radius 1 is 0.364 bits per heavy atom. The average Bonchev–Trinajstić information content (AvgIpc) is 3.89. The van der Waals surface area contributed by atoms with Gasteiger partial charge in [0.2, 0.25) is 0 Å². The molecule has 0 N–H and O–H groups in total. The molecule has 8 aromatic carbocycles.